The summed E-state index contributed by atoms with van der Waals surface area (Å²) < 4.78 is 2.59. The van der Waals surface area contributed by atoms with Gasteiger partial charge < -0.3 is 5.32 Å². The highest BCUT2D eigenvalue weighted by Gasteiger charge is 2.18. The number of hydrogen-bond donors (Lipinski definition) is 2. The summed E-state index contributed by atoms with van der Waals surface area (Å²) in [7, 11) is 0. The fraction of sp³-hybridized carbons (Fsp3) is 0.261. The predicted octanol–water partition coefficient (Wildman–Crippen LogP) is 3.86. The minimum absolute atomic E-state index is 0.123. The lowest BCUT2D eigenvalue weighted by molar-refractivity contribution is 0.383. The van der Waals surface area contributed by atoms with Gasteiger partial charge in [0.15, 0.2) is 0 Å². The van der Waals surface area contributed by atoms with Gasteiger partial charge in [0.2, 0.25) is 5.13 Å². The number of benzene rings is 2. The topological polar surface area (TPSA) is 75.1 Å². The maximum absolute atomic E-state index is 13.3. The van der Waals surface area contributed by atoms with Crippen LogP contribution in [0.3, 0.4) is 0 Å². The molecule has 0 amide bonds. The average molecular weight is 418 g/mol. The minimum atomic E-state index is -0.123. The highest BCUT2D eigenvalue weighted by atomic mass is 32.1. The van der Waals surface area contributed by atoms with E-state index in [9.17, 15) is 4.79 Å². The van der Waals surface area contributed by atoms with Gasteiger partial charge in [-0.2, -0.15) is 4.68 Å². The summed E-state index contributed by atoms with van der Waals surface area (Å²) in [6.45, 7) is 2.84. The van der Waals surface area contributed by atoms with Crippen LogP contribution in [0.4, 0.5) is 0 Å². The van der Waals surface area contributed by atoms with Gasteiger partial charge in [-0.15, -0.1) is 0 Å². The molecule has 4 aromatic rings. The molecule has 2 aromatic carbocycles. The van der Waals surface area contributed by atoms with Gasteiger partial charge in [0.05, 0.1) is 21.5 Å². The molecule has 0 bridgehead atoms. The lowest BCUT2D eigenvalue weighted by atomic mass is 9.98. The van der Waals surface area contributed by atoms with Gasteiger partial charge in [0, 0.05) is 18.3 Å². The molecular formula is C23H23N5OS. The molecule has 0 spiro atoms. The lowest BCUT2D eigenvalue weighted by Crippen LogP contribution is -2.29. The molecule has 7 heteroatoms. The molecule has 0 unspecified atom stereocenters. The van der Waals surface area contributed by atoms with Crippen LogP contribution in [-0.4, -0.2) is 40.6 Å². The molecule has 2 aromatic heterocycles. The van der Waals surface area contributed by atoms with E-state index in [0.29, 0.717) is 16.6 Å². The van der Waals surface area contributed by atoms with Crippen LogP contribution in [0.25, 0.3) is 26.6 Å². The Bertz CT molecular complexity index is 1200. The fourth-order valence-corrected chi connectivity index (χ4v) is 4.77. The van der Waals surface area contributed by atoms with Crippen LogP contribution in [0.5, 0.6) is 0 Å². The number of nitrogens with one attached hydrogen (secondary N) is 2. The SMILES string of the molecule is O=c1c(C=NCC2CCNCC2)c(-c2ccccc2)[nH]n1-c1nc2ccccc2s1. The molecule has 1 aliphatic heterocycles. The third-order valence-electron chi connectivity index (χ3n) is 5.51. The monoisotopic (exact) mass is 417 g/mol. The molecule has 1 fully saturated rings. The van der Waals surface area contributed by atoms with Crippen molar-refractivity contribution >= 4 is 27.8 Å². The van der Waals surface area contributed by atoms with E-state index in [4.69, 9.17) is 0 Å². The molecule has 1 aliphatic rings. The molecule has 5 rings (SSSR count). The van der Waals surface area contributed by atoms with E-state index in [2.05, 4.69) is 20.4 Å². The Kier molecular flexibility index (Phi) is 5.29. The molecule has 1 saturated heterocycles. The molecule has 0 saturated carbocycles. The standard InChI is InChI=1S/C23H23N5OS/c29-22-18(15-25-14-16-10-12-24-13-11-16)21(17-6-2-1-3-7-17)27-28(22)23-26-19-8-4-5-9-20(19)30-23/h1-9,15-16,24,27H,10-14H2. The van der Waals surface area contributed by atoms with Crippen molar-refractivity contribution in [1.82, 2.24) is 20.1 Å². The van der Waals surface area contributed by atoms with Crippen LogP contribution in [0.2, 0.25) is 0 Å². The Morgan fingerprint density at radius 2 is 1.87 bits per heavy atom. The maximum atomic E-state index is 13.3. The van der Waals surface area contributed by atoms with E-state index >= 15 is 0 Å². The molecule has 152 valence electrons. The summed E-state index contributed by atoms with van der Waals surface area (Å²) in [4.78, 5) is 22.6. The van der Waals surface area contributed by atoms with E-state index in [1.807, 2.05) is 54.6 Å². The molecule has 2 N–H and O–H groups in total. The van der Waals surface area contributed by atoms with Crippen LogP contribution in [0.15, 0.2) is 64.4 Å². The van der Waals surface area contributed by atoms with Crippen LogP contribution in [-0.2, 0) is 0 Å². The second-order valence-electron chi connectivity index (χ2n) is 7.56. The number of nitrogens with zero attached hydrogens (tertiary/aromatic N) is 3. The first-order chi connectivity index (χ1) is 14.8. The molecule has 30 heavy (non-hydrogen) atoms. The van der Waals surface area contributed by atoms with Gasteiger partial charge in [-0.05, 0) is 44.0 Å². The third-order valence-corrected chi connectivity index (χ3v) is 6.53. The summed E-state index contributed by atoms with van der Waals surface area (Å²) in [6, 6.07) is 17.8. The van der Waals surface area contributed by atoms with Crippen molar-refractivity contribution in [2.75, 3.05) is 19.6 Å². The quantitative estimate of drug-likeness (QED) is 0.484. The molecule has 0 atom stereocenters. The van der Waals surface area contributed by atoms with Gasteiger partial charge in [-0.3, -0.25) is 14.9 Å². The fourth-order valence-electron chi connectivity index (χ4n) is 3.84. The summed E-state index contributed by atoms with van der Waals surface area (Å²) >= 11 is 1.50. The normalized spacial score (nSPS) is 15.3. The zero-order valence-electron chi connectivity index (χ0n) is 16.5. The first-order valence-corrected chi connectivity index (χ1v) is 11.1. The maximum Gasteiger partial charge on any atom is 0.282 e. The van der Waals surface area contributed by atoms with E-state index in [0.717, 1.165) is 53.9 Å². The zero-order valence-corrected chi connectivity index (χ0v) is 17.4. The Labute approximate surface area is 178 Å². The van der Waals surface area contributed by atoms with Crippen molar-refractivity contribution in [3.8, 4) is 16.4 Å². The van der Waals surface area contributed by atoms with E-state index in [1.54, 1.807) is 10.9 Å². The summed E-state index contributed by atoms with van der Waals surface area (Å²) in [5.74, 6) is 0.577. The van der Waals surface area contributed by atoms with Crippen LogP contribution in [0, 0.1) is 5.92 Å². The number of aliphatic imine (C=N–C) groups is 1. The molecule has 0 radical (unpaired) electrons. The van der Waals surface area contributed by atoms with Gasteiger partial charge in [0.1, 0.15) is 0 Å². The third kappa shape index (κ3) is 3.74. The zero-order chi connectivity index (χ0) is 20.3. The number of thiazole rings is 1. The van der Waals surface area contributed by atoms with Crippen molar-refractivity contribution in [3.05, 3.63) is 70.5 Å². The number of para-hydroxylation sites is 1. The number of fused-ring (bicyclic) bond motifs is 1. The van der Waals surface area contributed by atoms with Gasteiger partial charge in [-0.25, -0.2) is 4.98 Å². The van der Waals surface area contributed by atoms with Crippen molar-refractivity contribution in [2.24, 2.45) is 10.9 Å². The Morgan fingerprint density at radius 3 is 2.67 bits per heavy atom. The summed E-state index contributed by atoms with van der Waals surface area (Å²) in [5.41, 5.74) is 3.07. The number of H-pyrrole nitrogens is 1. The second kappa shape index (κ2) is 8.38. The molecular weight excluding hydrogens is 394 g/mol. The van der Waals surface area contributed by atoms with Gasteiger partial charge >= 0.3 is 0 Å². The van der Waals surface area contributed by atoms with Gasteiger partial charge in [0.25, 0.3) is 5.56 Å². The predicted molar refractivity (Wildman–Crippen MR) is 123 cm³/mol. The highest BCUT2D eigenvalue weighted by Crippen LogP contribution is 2.25. The minimum Gasteiger partial charge on any atom is -0.317 e. The number of aromatic amines is 1. The van der Waals surface area contributed by atoms with E-state index in [-0.39, 0.29) is 5.56 Å². The number of hydrogen-bond acceptors (Lipinski definition) is 5. The Hall–Kier alpha value is -3.03. The average Bonchev–Trinajstić information content (AvgIpc) is 3.36. The van der Waals surface area contributed by atoms with E-state index in [1.165, 1.54) is 11.3 Å². The van der Waals surface area contributed by atoms with Gasteiger partial charge in [-0.1, -0.05) is 53.8 Å². The van der Waals surface area contributed by atoms with Crippen LogP contribution >= 0.6 is 11.3 Å². The Balaban J connectivity index is 1.55. The van der Waals surface area contributed by atoms with E-state index < -0.39 is 0 Å². The molecule has 3 heterocycles. The van der Waals surface area contributed by atoms with Crippen molar-refractivity contribution in [2.45, 2.75) is 12.8 Å². The second-order valence-corrected chi connectivity index (χ2v) is 8.57. The number of aromatic nitrogens is 3. The lowest BCUT2D eigenvalue weighted by Gasteiger charge is -2.20. The summed E-state index contributed by atoms with van der Waals surface area (Å²) in [5, 5.41) is 7.30. The first-order valence-electron chi connectivity index (χ1n) is 10.3. The van der Waals surface area contributed by atoms with Crippen molar-refractivity contribution in [3.63, 3.8) is 0 Å². The van der Waals surface area contributed by atoms with Crippen LogP contribution < -0.4 is 10.9 Å². The molecule has 0 aliphatic carbocycles. The largest absolute Gasteiger partial charge is 0.317 e. The highest BCUT2D eigenvalue weighted by molar-refractivity contribution is 7.20. The van der Waals surface area contributed by atoms with Crippen molar-refractivity contribution in [1.29, 1.82) is 0 Å². The van der Waals surface area contributed by atoms with Crippen LogP contribution in [0.1, 0.15) is 18.4 Å². The summed E-state index contributed by atoms with van der Waals surface area (Å²) in [6.07, 6.45) is 4.00. The first kappa shape index (κ1) is 19.0. The Morgan fingerprint density at radius 1 is 1.10 bits per heavy atom. The number of piperidine rings is 1. The van der Waals surface area contributed by atoms with Crippen molar-refractivity contribution < 1.29 is 0 Å². The molecule has 6 nitrogen and oxygen atoms in total. The smallest absolute Gasteiger partial charge is 0.282 e. The number of rotatable bonds is 5.